The molecular weight excluding hydrogens is 398 g/mol. The van der Waals surface area contributed by atoms with Gasteiger partial charge in [-0.25, -0.2) is 4.98 Å². The van der Waals surface area contributed by atoms with Crippen molar-refractivity contribution in [2.45, 2.75) is 25.7 Å². The fourth-order valence-electron chi connectivity index (χ4n) is 3.19. The Bertz CT molecular complexity index is 1100. The minimum absolute atomic E-state index is 0.0705. The van der Waals surface area contributed by atoms with Crippen LogP contribution in [0.1, 0.15) is 24.4 Å². The van der Waals surface area contributed by atoms with E-state index in [2.05, 4.69) is 4.98 Å². The number of nitrogens with zero attached hydrogens (tertiary/aromatic N) is 2. The molecule has 2 aromatic carbocycles. The smallest absolute Gasteiger partial charge is 0.317 e. The number of rotatable bonds is 8. The molecule has 0 aliphatic carbocycles. The summed E-state index contributed by atoms with van der Waals surface area (Å²) in [5.74, 6) is -2.38. The Labute approximate surface area is 178 Å². The zero-order chi connectivity index (χ0) is 21.7. The molecule has 0 spiro atoms. The highest BCUT2D eigenvalue weighted by atomic mass is 32.1. The number of para-hydroxylation sites is 1. The predicted molar refractivity (Wildman–Crippen MR) is 116 cm³/mol. The van der Waals surface area contributed by atoms with E-state index in [0.29, 0.717) is 6.42 Å². The van der Waals surface area contributed by atoms with Crippen molar-refractivity contribution in [1.82, 2.24) is 4.98 Å². The Morgan fingerprint density at radius 2 is 1.87 bits per heavy atom. The largest absolute Gasteiger partial charge is 0.457 e. The molecule has 0 aliphatic rings. The molecule has 0 aliphatic heterocycles. The minimum Gasteiger partial charge on any atom is -0.457 e. The Morgan fingerprint density at radius 1 is 1.20 bits per heavy atom. The third-order valence-corrected chi connectivity index (χ3v) is 5.97. The van der Waals surface area contributed by atoms with Crippen molar-refractivity contribution in [2.24, 2.45) is 5.92 Å². The lowest BCUT2D eigenvalue weighted by molar-refractivity contribution is -0.153. The molecule has 1 heterocycles. The number of fused-ring (bicyclic) bond motifs is 1. The number of esters is 1. The molecule has 2 atom stereocenters. The van der Waals surface area contributed by atoms with E-state index in [4.69, 9.17) is 15.4 Å². The first-order valence-corrected chi connectivity index (χ1v) is 10.2. The lowest BCUT2D eigenvalue weighted by Gasteiger charge is -2.27. The number of aromatic nitrogens is 1. The molecule has 0 saturated carbocycles. The van der Waals surface area contributed by atoms with Crippen molar-refractivity contribution in [3.63, 3.8) is 0 Å². The van der Waals surface area contributed by atoms with Crippen LogP contribution in [-0.2, 0) is 26.2 Å². The lowest BCUT2D eigenvalue weighted by Crippen LogP contribution is -2.38. The van der Waals surface area contributed by atoms with Crippen LogP contribution >= 0.6 is 11.3 Å². The van der Waals surface area contributed by atoms with Gasteiger partial charge < -0.3 is 10.1 Å². The number of benzene rings is 2. The summed E-state index contributed by atoms with van der Waals surface area (Å²) in [6.07, 6.45) is 0.314. The topological polar surface area (TPSA) is 104 Å². The quantitative estimate of drug-likeness (QED) is 0.437. The van der Waals surface area contributed by atoms with E-state index >= 15 is 0 Å². The number of nitrogens with one attached hydrogen (secondary N) is 1. The highest BCUT2D eigenvalue weighted by Crippen LogP contribution is 2.33. The van der Waals surface area contributed by atoms with Gasteiger partial charge in [0.2, 0.25) is 0 Å². The summed E-state index contributed by atoms with van der Waals surface area (Å²) in [7, 11) is 0. The molecule has 0 amide bonds. The highest BCUT2D eigenvalue weighted by Gasteiger charge is 2.39. The zero-order valence-electron chi connectivity index (χ0n) is 16.7. The van der Waals surface area contributed by atoms with Crippen molar-refractivity contribution in [2.75, 3.05) is 6.61 Å². The summed E-state index contributed by atoms with van der Waals surface area (Å²) in [4.78, 5) is 30.0. The van der Waals surface area contributed by atoms with Crippen LogP contribution in [0.2, 0.25) is 0 Å². The van der Waals surface area contributed by atoms with Gasteiger partial charge in [-0.1, -0.05) is 42.5 Å². The number of Topliss-reactive ketones (excluding diaryl/α,β-unsaturated/α-hetero) is 1. The number of carbonyl (C=O) groups is 2. The van der Waals surface area contributed by atoms with Crippen LogP contribution in [-0.4, -0.2) is 29.1 Å². The number of thiazole rings is 1. The third-order valence-electron chi connectivity index (χ3n) is 4.93. The normalized spacial score (nSPS) is 13.8. The van der Waals surface area contributed by atoms with Crippen LogP contribution in [0, 0.1) is 22.7 Å². The van der Waals surface area contributed by atoms with Crippen LogP contribution in [0.15, 0.2) is 54.6 Å². The van der Waals surface area contributed by atoms with E-state index < -0.39 is 29.7 Å². The molecule has 3 aromatic rings. The molecule has 30 heavy (non-hydrogen) atoms. The molecule has 1 N–H and O–H groups in total. The van der Waals surface area contributed by atoms with Gasteiger partial charge in [0.15, 0.2) is 12.4 Å². The van der Waals surface area contributed by atoms with E-state index in [0.717, 1.165) is 20.8 Å². The number of ketones is 1. The van der Waals surface area contributed by atoms with Gasteiger partial charge in [-0.15, -0.1) is 11.3 Å². The van der Waals surface area contributed by atoms with Crippen LogP contribution in [0.4, 0.5) is 0 Å². The number of ether oxygens (including phenoxy) is 1. The van der Waals surface area contributed by atoms with E-state index in [9.17, 15) is 9.59 Å². The minimum atomic E-state index is -1.20. The SMILES string of the molecule is CC(=N)C(C#N)C(=O)COC(=O)[C@](C)(Cc1nc2ccccc2s1)c1ccccc1. The molecule has 0 fully saturated rings. The molecule has 0 radical (unpaired) electrons. The van der Waals surface area contributed by atoms with Crippen molar-refractivity contribution >= 4 is 39.0 Å². The maximum atomic E-state index is 13.1. The number of nitriles is 1. The van der Waals surface area contributed by atoms with Crippen molar-refractivity contribution in [3.05, 3.63) is 65.2 Å². The first-order chi connectivity index (χ1) is 14.3. The zero-order valence-corrected chi connectivity index (χ0v) is 17.5. The third kappa shape index (κ3) is 4.44. The van der Waals surface area contributed by atoms with Crippen molar-refractivity contribution < 1.29 is 14.3 Å². The summed E-state index contributed by atoms with van der Waals surface area (Å²) in [5.41, 5.74) is 0.493. The molecule has 152 valence electrons. The van der Waals surface area contributed by atoms with Gasteiger partial charge >= 0.3 is 5.97 Å². The van der Waals surface area contributed by atoms with E-state index in [1.165, 1.54) is 18.3 Å². The second-order valence-electron chi connectivity index (χ2n) is 7.24. The average Bonchev–Trinajstić information content (AvgIpc) is 3.14. The Balaban J connectivity index is 1.86. The Morgan fingerprint density at radius 3 is 2.50 bits per heavy atom. The molecule has 1 aromatic heterocycles. The molecule has 0 bridgehead atoms. The number of carbonyl (C=O) groups excluding carboxylic acids is 2. The summed E-state index contributed by atoms with van der Waals surface area (Å²) in [5, 5.41) is 17.4. The number of hydrogen-bond donors (Lipinski definition) is 1. The first-order valence-electron chi connectivity index (χ1n) is 9.39. The maximum Gasteiger partial charge on any atom is 0.317 e. The van der Waals surface area contributed by atoms with Gasteiger partial charge in [-0.3, -0.25) is 9.59 Å². The molecule has 1 unspecified atom stereocenters. The van der Waals surface area contributed by atoms with Gasteiger partial charge in [0.1, 0.15) is 5.92 Å². The fourth-order valence-corrected chi connectivity index (χ4v) is 4.31. The molecule has 3 rings (SSSR count). The molecular formula is C23H21N3O3S. The summed E-state index contributed by atoms with van der Waals surface area (Å²) >= 11 is 1.52. The standard InChI is InChI=1S/C23H21N3O3S/c1-15(25)17(13-24)19(27)14-29-22(28)23(2,16-8-4-3-5-9-16)12-21-26-18-10-6-7-11-20(18)30-21/h3-11,17,25H,12,14H2,1-2H3/t17?,23-/m1/s1. The van der Waals surface area contributed by atoms with Gasteiger partial charge in [-0.2, -0.15) is 5.26 Å². The lowest BCUT2D eigenvalue weighted by atomic mass is 9.79. The fraction of sp³-hybridized carbons (Fsp3) is 0.261. The summed E-state index contributed by atoms with van der Waals surface area (Å²) < 4.78 is 6.38. The predicted octanol–water partition coefficient (Wildman–Crippen LogP) is 4.09. The second kappa shape index (κ2) is 8.97. The summed E-state index contributed by atoms with van der Waals surface area (Å²) in [6.45, 7) is 2.61. The maximum absolute atomic E-state index is 13.1. The molecule has 7 heteroatoms. The monoisotopic (exact) mass is 419 g/mol. The van der Waals surface area contributed by atoms with Gasteiger partial charge in [-0.05, 0) is 31.5 Å². The van der Waals surface area contributed by atoms with Gasteiger partial charge in [0.25, 0.3) is 0 Å². The second-order valence-corrected chi connectivity index (χ2v) is 8.35. The Kier molecular flexibility index (Phi) is 6.38. The van der Waals surface area contributed by atoms with Crippen LogP contribution in [0.25, 0.3) is 10.2 Å². The first kappa shape index (κ1) is 21.3. The molecule has 0 saturated heterocycles. The van der Waals surface area contributed by atoms with Crippen LogP contribution in [0.3, 0.4) is 0 Å². The van der Waals surface area contributed by atoms with E-state index in [-0.39, 0.29) is 5.71 Å². The van der Waals surface area contributed by atoms with E-state index in [1.807, 2.05) is 54.6 Å². The molecule has 6 nitrogen and oxygen atoms in total. The van der Waals surface area contributed by atoms with Crippen molar-refractivity contribution in [3.8, 4) is 6.07 Å². The number of hydrogen-bond acceptors (Lipinski definition) is 7. The summed E-state index contributed by atoms with van der Waals surface area (Å²) in [6, 6.07) is 18.8. The van der Waals surface area contributed by atoms with Crippen molar-refractivity contribution in [1.29, 1.82) is 10.7 Å². The van der Waals surface area contributed by atoms with Crippen LogP contribution < -0.4 is 0 Å². The van der Waals surface area contributed by atoms with E-state index in [1.54, 1.807) is 13.0 Å². The van der Waals surface area contributed by atoms with Gasteiger partial charge in [0.05, 0.1) is 26.7 Å². The van der Waals surface area contributed by atoms with Gasteiger partial charge in [0, 0.05) is 12.1 Å². The average molecular weight is 420 g/mol. The Hall–Kier alpha value is -3.37. The van der Waals surface area contributed by atoms with Crippen LogP contribution in [0.5, 0.6) is 0 Å². The highest BCUT2D eigenvalue weighted by molar-refractivity contribution is 7.18.